The normalized spacial score (nSPS) is 13.0. The number of halogens is 1. The number of rotatable bonds is 6. The van der Waals surface area contributed by atoms with Crippen molar-refractivity contribution >= 4 is 17.5 Å². The maximum atomic E-state index is 12.2. The first-order valence-electron chi connectivity index (χ1n) is 8.56. The average molecular weight is 400 g/mol. The minimum atomic E-state index is -0.829. The zero-order valence-corrected chi connectivity index (χ0v) is 16.0. The van der Waals surface area contributed by atoms with Gasteiger partial charge in [-0.25, -0.2) is 0 Å². The number of benzene rings is 1. The molecule has 8 nitrogen and oxygen atoms in total. The van der Waals surface area contributed by atoms with Crippen LogP contribution < -0.4 is 5.32 Å². The highest BCUT2D eigenvalue weighted by Crippen LogP contribution is 2.24. The van der Waals surface area contributed by atoms with Gasteiger partial charge in [-0.05, 0) is 32.0 Å². The highest BCUT2D eigenvalue weighted by atomic mass is 35.5. The molecule has 0 radical (unpaired) electrons. The van der Waals surface area contributed by atoms with E-state index in [-0.39, 0.29) is 17.5 Å². The zero-order valence-electron chi connectivity index (χ0n) is 15.3. The van der Waals surface area contributed by atoms with Crippen molar-refractivity contribution in [3.63, 3.8) is 0 Å². The summed E-state index contributed by atoms with van der Waals surface area (Å²) in [5.74, 6) is -0.162. The SMILES string of the molecule is C[C@H](O)c1cc(C(=O)N[C@@H](C)Cn2ccc(-c3ccc(C#N)c(Cl)c3)n2)no1. The molecular formula is C19H18ClN5O3. The minimum Gasteiger partial charge on any atom is -0.385 e. The van der Waals surface area contributed by atoms with Gasteiger partial charge in [0.1, 0.15) is 12.2 Å². The minimum absolute atomic E-state index is 0.108. The third kappa shape index (κ3) is 4.39. The van der Waals surface area contributed by atoms with Gasteiger partial charge in [-0.1, -0.05) is 22.8 Å². The van der Waals surface area contributed by atoms with Crippen molar-refractivity contribution in [1.82, 2.24) is 20.3 Å². The van der Waals surface area contributed by atoms with Gasteiger partial charge in [0.25, 0.3) is 5.91 Å². The fourth-order valence-electron chi connectivity index (χ4n) is 2.60. The molecule has 144 valence electrons. The molecule has 0 unspecified atom stereocenters. The van der Waals surface area contributed by atoms with Crippen molar-refractivity contribution in [1.29, 1.82) is 5.26 Å². The highest BCUT2D eigenvalue weighted by Gasteiger charge is 2.17. The molecule has 3 aromatic rings. The molecule has 0 aliphatic heterocycles. The quantitative estimate of drug-likeness (QED) is 0.658. The second-order valence-electron chi connectivity index (χ2n) is 6.39. The number of hydrogen-bond acceptors (Lipinski definition) is 6. The van der Waals surface area contributed by atoms with Crippen LogP contribution in [0.5, 0.6) is 0 Å². The van der Waals surface area contributed by atoms with Crippen molar-refractivity contribution in [2.45, 2.75) is 32.5 Å². The molecule has 2 atom stereocenters. The molecule has 1 aromatic carbocycles. The van der Waals surface area contributed by atoms with E-state index in [4.69, 9.17) is 21.4 Å². The van der Waals surface area contributed by atoms with Crippen molar-refractivity contribution in [3.8, 4) is 17.3 Å². The number of carbonyl (C=O) groups is 1. The van der Waals surface area contributed by atoms with Crippen LogP contribution in [0.1, 0.15) is 41.8 Å². The third-order valence-corrected chi connectivity index (χ3v) is 4.35. The van der Waals surface area contributed by atoms with Crippen molar-refractivity contribution in [3.05, 3.63) is 58.6 Å². The molecule has 0 saturated carbocycles. The Bertz CT molecular complexity index is 1030. The van der Waals surface area contributed by atoms with Gasteiger partial charge < -0.3 is 14.9 Å². The van der Waals surface area contributed by atoms with Crippen molar-refractivity contribution < 1.29 is 14.4 Å². The molecule has 2 aromatic heterocycles. The van der Waals surface area contributed by atoms with Gasteiger partial charge >= 0.3 is 0 Å². The number of aliphatic hydroxyl groups is 1. The predicted octanol–water partition coefficient (Wildman–Crippen LogP) is 2.93. The summed E-state index contributed by atoms with van der Waals surface area (Å²) in [6.07, 6.45) is 0.968. The Labute approximate surface area is 166 Å². The van der Waals surface area contributed by atoms with E-state index in [2.05, 4.69) is 15.6 Å². The van der Waals surface area contributed by atoms with E-state index in [9.17, 15) is 9.90 Å². The molecule has 2 heterocycles. The summed E-state index contributed by atoms with van der Waals surface area (Å²) in [5.41, 5.74) is 2.03. The highest BCUT2D eigenvalue weighted by molar-refractivity contribution is 6.32. The van der Waals surface area contributed by atoms with Crippen LogP contribution in [0.3, 0.4) is 0 Å². The maximum Gasteiger partial charge on any atom is 0.273 e. The molecule has 1 amide bonds. The van der Waals surface area contributed by atoms with E-state index in [1.165, 1.54) is 13.0 Å². The van der Waals surface area contributed by atoms with Gasteiger partial charge in [-0.3, -0.25) is 9.48 Å². The lowest BCUT2D eigenvalue weighted by atomic mass is 10.1. The first-order chi connectivity index (χ1) is 13.4. The van der Waals surface area contributed by atoms with E-state index in [1.54, 1.807) is 29.1 Å². The Hall–Kier alpha value is -3.15. The molecule has 0 bridgehead atoms. The van der Waals surface area contributed by atoms with E-state index < -0.39 is 12.0 Å². The molecule has 0 aliphatic rings. The van der Waals surface area contributed by atoms with Crippen LogP contribution in [0.25, 0.3) is 11.3 Å². The molecule has 3 rings (SSSR count). The summed E-state index contributed by atoms with van der Waals surface area (Å²) in [6, 6.07) is 10.2. The monoisotopic (exact) mass is 399 g/mol. The van der Waals surface area contributed by atoms with Crippen LogP contribution in [0, 0.1) is 11.3 Å². The maximum absolute atomic E-state index is 12.2. The average Bonchev–Trinajstić information content (AvgIpc) is 3.31. The molecule has 0 spiro atoms. The molecular weight excluding hydrogens is 382 g/mol. The smallest absolute Gasteiger partial charge is 0.273 e. The molecule has 0 fully saturated rings. The van der Waals surface area contributed by atoms with Crippen LogP contribution in [-0.4, -0.2) is 32.0 Å². The number of carbonyl (C=O) groups excluding carboxylic acids is 1. The van der Waals surface area contributed by atoms with Gasteiger partial charge in [0.15, 0.2) is 11.5 Å². The number of hydrogen-bond donors (Lipinski definition) is 2. The number of nitrogens with one attached hydrogen (secondary N) is 1. The fraction of sp³-hybridized carbons (Fsp3) is 0.263. The second kappa shape index (κ2) is 8.25. The summed E-state index contributed by atoms with van der Waals surface area (Å²) in [5, 5.41) is 29.7. The van der Waals surface area contributed by atoms with Crippen molar-refractivity contribution in [2.24, 2.45) is 0 Å². The summed E-state index contributed by atoms with van der Waals surface area (Å²) in [6.45, 7) is 3.81. The topological polar surface area (TPSA) is 117 Å². The lowest BCUT2D eigenvalue weighted by Gasteiger charge is -2.12. The van der Waals surface area contributed by atoms with Gasteiger partial charge in [0.05, 0.1) is 22.8 Å². The zero-order chi connectivity index (χ0) is 20.3. The summed E-state index contributed by atoms with van der Waals surface area (Å²) in [7, 11) is 0. The van der Waals surface area contributed by atoms with E-state index >= 15 is 0 Å². The first kappa shape index (κ1) is 19.6. The molecule has 28 heavy (non-hydrogen) atoms. The second-order valence-corrected chi connectivity index (χ2v) is 6.80. The largest absolute Gasteiger partial charge is 0.385 e. The predicted molar refractivity (Wildman–Crippen MR) is 101 cm³/mol. The Balaban J connectivity index is 1.63. The number of amides is 1. The van der Waals surface area contributed by atoms with E-state index in [0.717, 1.165) is 5.56 Å². The van der Waals surface area contributed by atoms with E-state index in [1.807, 2.05) is 19.1 Å². The fourth-order valence-corrected chi connectivity index (χ4v) is 2.82. The van der Waals surface area contributed by atoms with Crippen LogP contribution in [0.4, 0.5) is 0 Å². The van der Waals surface area contributed by atoms with Gasteiger partial charge in [0.2, 0.25) is 0 Å². The summed E-state index contributed by atoms with van der Waals surface area (Å²) in [4.78, 5) is 12.2. The Kier molecular flexibility index (Phi) is 5.78. The van der Waals surface area contributed by atoms with Crippen LogP contribution >= 0.6 is 11.6 Å². The van der Waals surface area contributed by atoms with Gasteiger partial charge in [0, 0.05) is 23.9 Å². The molecule has 0 aliphatic carbocycles. The van der Waals surface area contributed by atoms with Gasteiger partial charge in [-0.15, -0.1) is 0 Å². The standard InChI is InChI=1S/C19H18ClN5O3/c1-11(22-19(27)17-8-18(12(2)26)28-24-17)10-25-6-5-16(23-25)13-3-4-14(9-21)15(20)7-13/h3-8,11-12,26H,10H2,1-2H3,(H,22,27)/t11-,12-/m0/s1. The third-order valence-electron chi connectivity index (χ3n) is 4.04. The van der Waals surface area contributed by atoms with Crippen LogP contribution in [0.15, 0.2) is 41.1 Å². The number of nitriles is 1. The Morgan fingerprint density at radius 2 is 2.18 bits per heavy atom. The number of aliphatic hydroxyl groups excluding tert-OH is 1. The number of aromatic nitrogens is 3. The Morgan fingerprint density at radius 1 is 1.39 bits per heavy atom. The summed E-state index contributed by atoms with van der Waals surface area (Å²) < 4.78 is 6.62. The van der Waals surface area contributed by atoms with Gasteiger partial charge in [-0.2, -0.15) is 10.4 Å². The lowest BCUT2D eigenvalue weighted by Crippen LogP contribution is -2.36. The van der Waals surface area contributed by atoms with E-state index in [0.29, 0.717) is 22.8 Å². The van der Waals surface area contributed by atoms with Crippen LogP contribution in [0.2, 0.25) is 5.02 Å². The summed E-state index contributed by atoms with van der Waals surface area (Å²) >= 11 is 6.07. The molecule has 9 heteroatoms. The molecule has 0 saturated heterocycles. The first-order valence-corrected chi connectivity index (χ1v) is 8.94. The Morgan fingerprint density at radius 3 is 2.82 bits per heavy atom. The van der Waals surface area contributed by atoms with Crippen molar-refractivity contribution in [2.75, 3.05) is 0 Å². The van der Waals surface area contributed by atoms with Crippen LogP contribution in [-0.2, 0) is 6.54 Å². The molecule has 2 N–H and O–H groups in total. The number of nitrogens with zero attached hydrogens (tertiary/aromatic N) is 4. The lowest BCUT2D eigenvalue weighted by molar-refractivity contribution is 0.0925.